The van der Waals surface area contributed by atoms with Crippen LogP contribution in [0.5, 0.6) is 0 Å². The van der Waals surface area contributed by atoms with Gasteiger partial charge in [-0.2, -0.15) is 0 Å². The predicted octanol–water partition coefficient (Wildman–Crippen LogP) is 5.64. The van der Waals surface area contributed by atoms with Crippen LogP contribution in [-0.4, -0.2) is 5.12 Å². The van der Waals surface area contributed by atoms with Gasteiger partial charge in [0.15, 0.2) is 5.12 Å². The summed E-state index contributed by atoms with van der Waals surface area (Å²) in [6.07, 6.45) is 13.1. The monoisotopic (exact) mass is 272 g/mol. The van der Waals surface area contributed by atoms with Gasteiger partial charge in [0.25, 0.3) is 0 Å². The van der Waals surface area contributed by atoms with Crippen LogP contribution in [0, 0.1) is 11.8 Å². The Morgan fingerprint density at radius 2 is 1.56 bits per heavy atom. The van der Waals surface area contributed by atoms with E-state index in [1.807, 2.05) is 6.92 Å². The first-order valence-corrected chi connectivity index (χ1v) is 8.29. The molecule has 18 heavy (non-hydrogen) atoms. The lowest BCUT2D eigenvalue weighted by Gasteiger charge is -2.16. The Morgan fingerprint density at radius 3 is 2.11 bits per heavy atom. The SMILES string of the molecule is CCCCCCCCC(CC)CCC(C)C(=O)S. The van der Waals surface area contributed by atoms with Gasteiger partial charge in [0, 0.05) is 5.92 Å². The van der Waals surface area contributed by atoms with E-state index in [1.54, 1.807) is 0 Å². The quantitative estimate of drug-likeness (QED) is 0.359. The number of carbonyl (C=O) groups excluding carboxylic acids is 1. The lowest BCUT2D eigenvalue weighted by Crippen LogP contribution is -2.07. The summed E-state index contributed by atoms with van der Waals surface area (Å²) >= 11 is 3.90. The minimum Gasteiger partial charge on any atom is -0.287 e. The lowest BCUT2D eigenvalue weighted by molar-refractivity contribution is -0.114. The highest BCUT2D eigenvalue weighted by Gasteiger charge is 2.12. The largest absolute Gasteiger partial charge is 0.287 e. The Hall–Kier alpha value is 0.0200. The van der Waals surface area contributed by atoms with Crippen LogP contribution in [0.15, 0.2) is 0 Å². The normalized spacial score (nSPS) is 14.4. The van der Waals surface area contributed by atoms with Crippen LogP contribution >= 0.6 is 12.6 Å². The van der Waals surface area contributed by atoms with Crippen molar-refractivity contribution in [3.63, 3.8) is 0 Å². The summed E-state index contributed by atoms with van der Waals surface area (Å²) < 4.78 is 0. The van der Waals surface area contributed by atoms with Crippen LogP contribution in [0.25, 0.3) is 0 Å². The minimum atomic E-state index is 0.0458. The van der Waals surface area contributed by atoms with E-state index in [9.17, 15) is 4.79 Å². The van der Waals surface area contributed by atoms with Gasteiger partial charge in [0.2, 0.25) is 0 Å². The molecule has 0 aromatic carbocycles. The molecular weight excluding hydrogens is 240 g/mol. The van der Waals surface area contributed by atoms with Crippen molar-refractivity contribution in [2.75, 3.05) is 0 Å². The molecule has 0 aromatic heterocycles. The molecular formula is C16H32OS. The minimum absolute atomic E-state index is 0.0458. The second-order valence-corrected chi connectivity index (χ2v) is 6.09. The fourth-order valence-corrected chi connectivity index (χ4v) is 2.50. The summed E-state index contributed by atoms with van der Waals surface area (Å²) in [5, 5.41) is 0.0458. The molecule has 0 radical (unpaired) electrons. The first kappa shape index (κ1) is 18.0. The Balaban J connectivity index is 3.55. The number of hydrogen-bond donors (Lipinski definition) is 1. The fraction of sp³-hybridized carbons (Fsp3) is 0.938. The van der Waals surface area contributed by atoms with E-state index in [0.717, 1.165) is 12.3 Å². The average Bonchev–Trinajstić information content (AvgIpc) is 2.36. The highest BCUT2D eigenvalue weighted by atomic mass is 32.1. The van der Waals surface area contributed by atoms with Gasteiger partial charge in [-0.25, -0.2) is 0 Å². The van der Waals surface area contributed by atoms with Gasteiger partial charge in [-0.15, -0.1) is 12.6 Å². The van der Waals surface area contributed by atoms with Crippen LogP contribution in [0.3, 0.4) is 0 Å². The first-order valence-electron chi connectivity index (χ1n) is 7.84. The molecule has 0 rings (SSSR count). The molecule has 0 spiro atoms. The van der Waals surface area contributed by atoms with Gasteiger partial charge in [-0.05, 0) is 18.8 Å². The van der Waals surface area contributed by atoms with Crippen molar-refractivity contribution < 1.29 is 4.79 Å². The van der Waals surface area contributed by atoms with Gasteiger partial charge >= 0.3 is 0 Å². The number of hydrogen-bond acceptors (Lipinski definition) is 1. The van der Waals surface area contributed by atoms with E-state index in [1.165, 1.54) is 57.8 Å². The van der Waals surface area contributed by atoms with Crippen LogP contribution in [0.1, 0.15) is 85.0 Å². The fourth-order valence-electron chi connectivity index (χ4n) is 2.38. The maximum Gasteiger partial charge on any atom is 0.188 e. The molecule has 2 atom stereocenters. The standard InChI is InChI=1S/C16H32OS/c1-4-6-7-8-9-10-11-15(5-2)13-12-14(3)16(17)18/h14-15H,4-13H2,1-3H3,(H,17,18). The summed E-state index contributed by atoms with van der Waals surface area (Å²) in [6, 6.07) is 0. The molecule has 0 aliphatic carbocycles. The van der Waals surface area contributed by atoms with E-state index in [-0.39, 0.29) is 11.0 Å². The Labute approximate surface area is 120 Å². The third kappa shape index (κ3) is 9.99. The predicted molar refractivity (Wildman–Crippen MR) is 84.2 cm³/mol. The van der Waals surface area contributed by atoms with Gasteiger partial charge in [0.1, 0.15) is 0 Å². The molecule has 0 aromatic rings. The van der Waals surface area contributed by atoms with Crippen molar-refractivity contribution in [2.24, 2.45) is 11.8 Å². The van der Waals surface area contributed by atoms with Crippen molar-refractivity contribution in [2.45, 2.75) is 85.0 Å². The number of unbranched alkanes of at least 4 members (excludes halogenated alkanes) is 5. The molecule has 0 heterocycles. The average molecular weight is 272 g/mol. The number of carbonyl (C=O) groups is 1. The van der Waals surface area contributed by atoms with Crippen molar-refractivity contribution in [1.82, 2.24) is 0 Å². The molecule has 108 valence electrons. The summed E-state index contributed by atoms with van der Waals surface area (Å²) in [4.78, 5) is 11.1. The van der Waals surface area contributed by atoms with E-state index < -0.39 is 0 Å². The van der Waals surface area contributed by atoms with Crippen LogP contribution in [-0.2, 0) is 4.79 Å². The highest BCUT2D eigenvalue weighted by molar-refractivity contribution is 7.96. The summed E-state index contributed by atoms with van der Waals surface area (Å²) in [7, 11) is 0. The Kier molecular flexibility index (Phi) is 12.1. The highest BCUT2D eigenvalue weighted by Crippen LogP contribution is 2.22. The molecule has 0 N–H and O–H groups in total. The second kappa shape index (κ2) is 12.1. The van der Waals surface area contributed by atoms with Gasteiger partial charge in [0.05, 0.1) is 0 Å². The molecule has 0 bridgehead atoms. The van der Waals surface area contributed by atoms with Gasteiger partial charge < -0.3 is 0 Å². The van der Waals surface area contributed by atoms with Gasteiger partial charge in [-0.3, -0.25) is 4.79 Å². The van der Waals surface area contributed by atoms with Crippen LogP contribution in [0.2, 0.25) is 0 Å². The molecule has 0 saturated heterocycles. The lowest BCUT2D eigenvalue weighted by atomic mass is 9.90. The molecule has 1 nitrogen and oxygen atoms in total. The Bertz CT molecular complexity index is 203. The first-order chi connectivity index (χ1) is 8.61. The third-order valence-corrected chi connectivity index (χ3v) is 4.41. The molecule has 0 aliphatic rings. The van der Waals surface area contributed by atoms with Crippen LogP contribution < -0.4 is 0 Å². The molecule has 0 aliphatic heterocycles. The molecule has 0 saturated carbocycles. The van der Waals surface area contributed by atoms with E-state index in [2.05, 4.69) is 26.5 Å². The molecule has 0 fully saturated rings. The third-order valence-electron chi connectivity index (χ3n) is 3.97. The topological polar surface area (TPSA) is 17.1 Å². The van der Waals surface area contributed by atoms with Crippen molar-refractivity contribution in [3.05, 3.63) is 0 Å². The zero-order valence-electron chi connectivity index (χ0n) is 12.6. The summed E-state index contributed by atoms with van der Waals surface area (Å²) in [6.45, 7) is 6.53. The zero-order chi connectivity index (χ0) is 13.8. The van der Waals surface area contributed by atoms with E-state index >= 15 is 0 Å². The van der Waals surface area contributed by atoms with Crippen LogP contribution in [0.4, 0.5) is 0 Å². The Morgan fingerprint density at radius 1 is 0.944 bits per heavy atom. The van der Waals surface area contributed by atoms with Crippen molar-refractivity contribution >= 4 is 17.7 Å². The smallest absolute Gasteiger partial charge is 0.188 e. The summed E-state index contributed by atoms with van der Waals surface area (Å²) in [5.41, 5.74) is 0. The number of thiol groups is 1. The van der Waals surface area contributed by atoms with E-state index in [0.29, 0.717) is 0 Å². The molecule has 2 unspecified atom stereocenters. The van der Waals surface area contributed by atoms with E-state index in [4.69, 9.17) is 0 Å². The van der Waals surface area contributed by atoms with Crippen molar-refractivity contribution in [1.29, 1.82) is 0 Å². The summed E-state index contributed by atoms with van der Waals surface area (Å²) in [5.74, 6) is 0.943. The maximum atomic E-state index is 11.1. The second-order valence-electron chi connectivity index (χ2n) is 5.65. The molecule has 0 amide bonds. The number of rotatable bonds is 12. The zero-order valence-corrected chi connectivity index (χ0v) is 13.5. The molecule has 2 heteroatoms. The van der Waals surface area contributed by atoms with Crippen molar-refractivity contribution in [3.8, 4) is 0 Å². The maximum absolute atomic E-state index is 11.1. The van der Waals surface area contributed by atoms with Gasteiger partial charge in [-0.1, -0.05) is 72.1 Å².